The maximum absolute atomic E-state index is 5.34. The SMILES string of the molecule is c1ccc(-c2cc(-c3ccccc3)nc(N3c4ccccc4-c4c(n(-c5ccccc5)c5c(-c6ccccc6)cccc45)-c4ccccc43)n2)cc1. The van der Waals surface area contributed by atoms with Gasteiger partial charge in [-0.05, 0) is 35.9 Å². The van der Waals surface area contributed by atoms with Crippen molar-refractivity contribution in [1.29, 1.82) is 0 Å². The highest BCUT2D eigenvalue weighted by atomic mass is 15.3. The Bertz CT molecular complexity index is 2660. The first-order valence-corrected chi connectivity index (χ1v) is 17.6. The van der Waals surface area contributed by atoms with Crippen LogP contribution in [0.4, 0.5) is 17.3 Å². The molecule has 0 saturated carbocycles. The first kappa shape index (κ1) is 29.8. The number of nitrogens with zero attached hydrogens (tertiary/aromatic N) is 4. The predicted octanol–water partition coefficient (Wildman–Crippen LogP) is 12.5. The fraction of sp³-hybridized carbons (Fsp3) is 0. The smallest absolute Gasteiger partial charge is 0.235 e. The van der Waals surface area contributed by atoms with Gasteiger partial charge in [0, 0.05) is 44.5 Å². The molecule has 244 valence electrons. The molecule has 1 aliphatic heterocycles. The Morgan fingerprint density at radius 1 is 0.385 bits per heavy atom. The van der Waals surface area contributed by atoms with Crippen molar-refractivity contribution >= 4 is 28.2 Å². The van der Waals surface area contributed by atoms with Gasteiger partial charge >= 0.3 is 0 Å². The summed E-state index contributed by atoms with van der Waals surface area (Å²) in [6, 6.07) is 68.4. The zero-order chi connectivity index (χ0) is 34.4. The summed E-state index contributed by atoms with van der Waals surface area (Å²) in [7, 11) is 0. The molecule has 0 aliphatic carbocycles. The van der Waals surface area contributed by atoms with Gasteiger partial charge in [0.15, 0.2) is 0 Å². The quantitative estimate of drug-likeness (QED) is 0.184. The molecule has 0 saturated heterocycles. The third kappa shape index (κ3) is 4.84. The first-order chi connectivity index (χ1) is 25.8. The van der Waals surface area contributed by atoms with Crippen molar-refractivity contribution < 1.29 is 0 Å². The second kappa shape index (κ2) is 12.4. The highest BCUT2D eigenvalue weighted by Gasteiger charge is 2.33. The normalized spacial score (nSPS) is 11.8. The molecular formula is C48H32N4. The summed E-state index contributed by atoms with van der Waals surface area (Å²) in [5, 5.41) is 1.19. The van der Waals surface area contributed by atoms with E-state index in [0.717, 1.165) is 56.4 Å². The van der Waals surface area contributed by atoms with Crippen molar-refractivity contribution in [2.45, 2.75) is 0 Å². The van der Waals surface area contributed by atoms with Crippen LogP contribution in [0.5, 0.6) is 0 Å². The van der Waals surface area contributed by atoms with Crippen LogP contribution in [0, 0.1) is 0 Å². The summed E-state index contributed by atoms with van der Waals surface area (Å²) < 4.78 is 2.46. The van der Waals surface area contributed by atoms with E-state index in [1.54, 1.807) is 0 Å². The Morgan fingerprint density at radius 3 is 1.48 bits per heavy atom. The molecule has 0 fully saturated rings. The minimum atomic E-state index is 0.616. The standard InChI is InChI=1S/C48H32N4/c1-5-18-33(19-6-1)37-28-17-29-40-45-38-26-13-15-30-43(38)52(44-31-16-14-27-39(44)47(45)51(46(37)40)36-24-11-4-12-25-36)48-49-41(34-20-7-2-8-21-34)32-42(50-48)35-22-9-3-10-23-35/h1-32H. The Balaban J connectivity index is 1.32. The maximum atomic E-state index is 5.34. The molecule has 10 rings (SSSR count). The summed E-state index contributed by atoms with van der Waals surface area (Å²) in [6.07, 6.45) is 0. The van der Waals surface area contributed by atoms with Gasteiger partial charge in [0.25, 0.3) is 0 Å². The van der Waals surface area contributed by atoms with Gasteiger partial charge in [-0.1, -0.05) is 164 Å². The van der Waals surface area contributed by atoms with Crippen LogP contribution in [-0.4, -0.2) is 14.5 Å². The number of para-hydroxylation sites is 4. The largest absolute Gasteiger partial charge is 0.308 e. The summed E-state index contributed by atoms with van der Waals surface area (Å²) in [5.74, 6) is 0.616. The second-order valence-electron chi connectivity index (χ2n) is 13.0. The predicted molar refractivity (Wildman–Crippen MR) is 214 cm³/mol. The number of hydrogen-bond donors (Lipinski definition) is 0. The van der Waals surface area contributed by atoms with Crippen molar-refractivity contribution in [2.24, 2.45) is 0 Å². The number of hydrogen-bond acceptors (Lipinski definition) is 3. The molecule has 0 N–H and O–H groups in total. The highest BCUT2D eigenvalue weighted by molar-refractivity contribution is 6.15. The van der Waals surface area contributed by atoms with E-state index in [2.05, 4.69) is 191 Å². The van der Waals surface area contributed by atoms with E-state index in [9.17, 15) is 0 Å². The van der Waals surface area contributed by atoms with Crippen LogP contribution in [0.15, 0.2) is 194 Å². The van der Waals surface area contributed by atoms with Crippen LogP contribution in [0.25, 0.3) is 72.6 Å². The summed E-state index contributed by atoms with van der Waals surface area (Å²) in [6.45, 7) is 0. The molecule has 4 heteroatoms. The Hall–Kier alpha value is -7.04. The molecule has 3 heterocycles. The zero-order valence-corrected chi connectivity index (χ0v) is 28.3. The van der Waals surface area contributed by atoms with Crippen LogP contribution in [0.2, 0.25) is 0 Å². The highest BCUT2D eigenvalue weighted by Crippen LogP contribution is 2.55. The van der Waals surface area contributed by atoms with E-state index in [1.807, 2.05) is 12.1 Å². The van der Waals surface area contributed by atoms with Gasteiger partial charge < -0.3 is 4.57 Å². The average molecular weight is 665 g/mol. The van der Waals surface area contributed by atoms with Gasteiger partial charge in [-0.2, -0.15) is 0 Å². The topological polar surface area (TPSA) is 34.0 Å². The van der Waals surface area contributed by atoms with Crippen molar-refractivity contribution in [3.8, 4) is 61.7 Å². The lowest BCUT2D eigenvalue weighted by Gasteiger charge is -2.26. The van der Waals surface area contributed by atoms with Crippen LogP contribution >= 0.6 is 0 Å². The van der Waals surface area contributed by atoms with Gasteiger partial charge in [0.1, 0.15) is 0 Å². The zero-order valence-electron chi connectivity index (χ0n) is 28.3. The summed E-state index contributed by atoms with van der Waals surface area (Å²) >= 11 is 0. The number of fused-ring (bicyclic) bond motifs is 7. The molecule has 9 aromatic rings. The molecule has 2 aromatic heterocycles. The maximum Gasteiger partial charge on any atom is 0.235 e. The van der Waals surface area contributed by atoms with E-state index in [1.165, 1.54) is 27.6 Å². The fourth-order valence-electron chi connectivity index (χ4n) is 7.69. The van der Waals surface area contributed by atoms with E-state index < -0.39 is 0 Å². The van der Waals surface area contributed by atoms with Gasteiger partial charge in [-0.15, -0.1) is 0 Å². The van der Waals surface area contributed by atoms with Crippen molar-refractivity contribution in [3.05, 3.63) is 194 Å². The Kier molecular flexibility index (Phi) is 7.10. The molecule has 1 aliphatic rings. The van der Waals surface area contributed by atoms with Crippen LogP contribution in [-0.2, 0) is 0 Å². The van der Waals surface area contributed by atoms with Gasteiger partial charge in [-0.3, -0.25) is 4.90 Å². The lowest BCUT2D eigenvalue weighted by Crippen LogP contribution is -2.15. The van der Waals surface area contributed by atoms with E-state index in [-0.39, 0.29) is 0 Å². The molecule has 4 nitrogen and oxygen atoms in total. The first-order valence-electron chi connectivity index (χ1n) is 17.6. The van der Waals surface area contributed by atoms with Crippen LogP contribution < -0.4 is 4.90 Å². The average Bonchev–Trinajstić information content (AvgIpc) is 3.51. The molecule has 52 heavy (non-hydrogen) atoms. The Morgan fingerprint density at radius 2 is 0.865 bits per heavy atom. The van der Waals surface area contributed by atoms with Gasteiger partial charge in [0.05, 0.1) is 34.0 Å². The minimum absolute atomic E-state index is 0.616. The summed E-state index contributed by atoms with van der Waals surface area (Å²) in [4.78, 5) is 12.9. The molecule has 0 atom stereocenters. The lowest BCUT2D eigenvalue weighted by molar-refractivity contribution is 1.09. The molecule has 0 unspecified atom stereocenters. The second-order valence-corrected chi connectivity index (χ2v) is 13.0. The Labute approximate surface area is 302 Å². The van der Waals surface area contributed by atoms with Crippen molar-refractivity contribution in [3.63, 3.8) is 0 Å². The van der Waals surface area contributed by atoms with E-state index in [4.69, 9.17) is 9.97 Å². The van der Waals surface area contributed by atoms with E-state index in [0.29, 0.717) is 5.95 Å². The number of aromatic nitrogens is 3. The third-order valence-electron chi connectivity index (χ3n) is 9.96. The van der Waals surface area contributed by atoms with Gasteiger partial charge in [-0.25, -0.2) is 9.97 Å². The molecule has 0 spiro atoms. The third-order valence-corrected chi connectivity index (χ3v) is 9.96. The molecule has 0 radical (unpaired) electrons. The molecule has 0 bridgehead atoms. The monoisotopic (exact) mass is 664 g/mol. The number of anilines is 3. The molecule has 7 aromatic carbocycles. The van der Waals surface area contributed by atoms with Crippen LogP contribution in [0.3, 0.4) is 0 Å². The van der Waals surface area contributed by atoms with Crippen molar-refractivity contribution in [1.82, 2.24) is 14.5 Å². The molecule has 0 amide bonds. The van der Waals surface area contributed by atoms with E-state index >= 15 is 0 Å². The van der Waals surface area contributed by atoms with Crippen molar-refractivity contribution in [2.75, 3.05) is 4.90 Å². The molecular weight excluding hydrogens is 633 g/mol. The number of rotatable bonds is 5. The number of benzene rings is 7. The van der Waals surface area contributed by atoms with Gasteiger partial charge in [0.2, 0.25) is 5.95 Å². The lowest BCUT2D eigenvalue weighted by atomic mass is 9.96. The summed E-state index contributed by atoms with van der Waals surface area (Å²) in [5.41, 5.74) is 15.0. The van der Waals surface area contributed by atoms with Crippen LogP contribution in [0.1, 0.15) is 0 Å². The minimum Gasteiger partial charge on any atom is -0.308 e. The fourth-order valence-corrected chi connectivity index (χ4v) is 7.69.